The van der Waals surface area contributed by atoms with Gasteiger partial charge in [-0.15, -0.1) is 0 Å². The zero-order chi connectivity index (χ0) is 28.3. The van der Waals surface area contributed by atoms with E-state index < -0.39 is 48.5 Å². The first-order valence-corrected chi connectivity index (χ1v) is 14.5. The Morgan fingerprint density at radius 2 is 1.92 bits per heavy atom. The van der Waals surface area contributed by atoms with Crippen LogP contribution in [0.3, 0.4) is 0 Å². The molecule has 5 atom stereocenters. The van der Waals surface area contributed by atoms with Crippen LogP contribution in [0.15, 0.2) is 63.8 Å². The van der Waals surface area contributed by atoms with Crippen LogP contribution in [0.2, 0.25) is 0 Å². The number of hydrogen-bond donors (Lipinski definition) is 5. The lowest BCUT2D eigenvalue weighted by Crippen LogP contribution is -2.46. The van der Waals surface area contributed by atoms with Crippen LogP contribution < -0.4 is 21.1 Å². The summed E-state index contributed by atoms with van der Waals surface area (Å²) in [5.74, 6) is 0.605. The molecule has 210 valence electrons. The molecule has 38 heavy (non-hydrogen) atoms. The summed E-state index contributed by atoms with van der Waals surface area (Å²) in [6, 6.07) is 10.0. The molecule has 0 spiro atoms. The van der Waals surface area contributed by atoms with Gasteiger partial charge in [-0.2, -0.15) is 0 Å². The van der Waals surface area contributed by atoms with Gasteiger partial charge in [-0.25, -0.2) is 4.79 Å². The molecule has 0 unspecified atom stereocenters. The maximum atomic E-state index is 12.2. The number of rotatable bonds is 10. The summed E-state index contributed by atoms with van der Waals surface area (Å²) in [6.45, 7) is 5.03. The lowest BCUT2D eigenvalue weighted by atomic mass is 9.96. The van der Waals surface area contributed by atoms with Crippen LogP contribution in [-0.2, 0) is 25.8 Å². The van der Waals surface area contributed by atoms with Gasteiger partial charge in [-0.3, -0.25) is 14.3 Å². The van der Waals surface area contributed by atoms with Crippen molar-refractivity contribution in [1.82, 2.24) is 14.6 Å². The zero-order valence-electron chi connectivity index (χ0n) is 21.8. The fraction of sp³-hybridized carbons (Fsp3) is 0.500. The van der Waals surface area contributed by atoms with Gasteiger partial charge in [0.2, 0.25) is 0 Å². The summed E-state index contributed by atoms with van der Waals surface area (Å²) < 4.78 is 23.9. The van der Waals surface area contributed by atoms with Gasteiger partial charge >= 0.3 is 11.6 Å². The van der Waals surface area contributed by atoms with Crippen molar-refractivity contribution in [1.29, 1.82) is 0 Å². The number of ether oxygens (including phenoxy) is 3. The molecule has 1 aromatic heterocycles. The summed E-state index contributed by atoms with van der Waals surface area (Å²) >= 11 is 5.24. The van der Waals surface area contributed by atoms with E-state index in [1.807, 2.05) is 26.8 Å². The zero-order valence-corrected chi connectivity index (χ0v) is 23.5. The lowest BCUT2D eigenvalue weighted by Gasteiger charge is -2.27. The van der Waals surface area contributed by atoms with Gasteiger partial charge in [0.25, 0.3) is 12.2 Å². The molecule has 0 amide bonds. The molecule has 14 heteroatoms. The highest BCUT2D eigenvalue weighted by Crippen LogP contribution is 2.43. The van der Waals surface area contributed by atoms with E-state index in [9.17, 15) is 24.7 Å². The van der Waals surface area contributed by atoms with E-state index in [2.05, 4.69) is 10.1 Å². The lowest BCUT2D eigenvalue weighted by molar-refractivity contribution is -0.0984. The predicted octanol–water partition coefficient (Wildman–Crippen LogP) is 1.70. The van der Waals surface area contributed by atoms with Crippen LogP contribution in [0.5, 0.6) is 5.75 Å². The minimum Gasteiger partial charge on any atom is -0.463 e. The Kier molecular flexibility index (Phi) is 9.25. The van der Waals surface area contributed by atoms with Crippen LogP contribution >= 0.6 is 6.64 Å². The van der Waals surface area contributed by atoms with E-state index in [0.29, 0.717) is 12.4 Å². The van der Waals surface area contributed by atoms with Crippen LogP contribution in [0, 0.1) is 5.41 Å². The van der Waals surface area contributed by atoms with Crippen molar-refractivity contribution in [3.8, 4) is 5.75 Å². The molecule has 1 aliphatic heterocycles. The molecule has 2 heterocycles. The Hall–Kier alpha value is -2.51. The van der Waals surface area contributed by atoms with Gasteiger partial charge in [0.1, 0.15) is 23.6 Å². The van der Waals surface area contributed by atoms with Crippen LogP contribution in [0.1, 0.15) is 40.8 Å². The smallest absolute Gasteiger partial charge is 0.330 e. The van der Waals surface area contributed by atoms with Gasteiger partial charge in [0, 0.05) is 12.3 Å². The largest absolute Gasteiger partial charge is 0.463 e. The van der Waals surface area contributed by atoms with Gasteiger partial charge in [0.15, 0.2) is 6.23 Å². The summed E-state index contributed by atoms with van der Waals surface area (Å²) in [6.07, 6.45) is -2.86. The van der Waals surface area contributed by atoms with E-state index >= 15 is 0 Å². The number of benzene rings is 1. The first-order chi connectivity index (χ1) is 17.6. The van der Waals surface area contributed by atoms with Crippen LogP contribution in [-0.4, -0.2) is 55.7 Å². The minimum atomic E-state index is -3.72. The highest BCUT2D eigenvalue weighted by atomic mass is 32.5. The average Bonchev–Trinajstić information content (AvgIpc) is 3.03. The summed E-state index contributed by atoms with van der Waals surface area (Å²) in [4.78, 5) is 36.5. The summed E-state index contributed by atoms with van der Waals surface area (Å²) in [7, 11) is 0. The van der Waals surface area contributed by atoms with Crippen molar-refractivity contribution in [2.45, 2.75) is 58.7 Å². The fourth-order valence-electron chi connectivity index (χ4n) is 3.55. The number of aliphatic hydroxyl groups is 2. The van der Waals surface area contributed by atoms with Crippen LogP contribution in [0.25, 0.3) is 0 Å². The highest BCUT2D eigenvalue weighted by molar-refractivity contribution is 8.08. The van der Waals surface area contributed by atoms with Crippen molar-refractivity contribution in [3.05, 3.63) is 75.1 Å². The Morgan fingerprint density at radius 1 is 1.26 bits per heavy atom. The normalized spacial score (nSPS) is 25.8. The first kappa shape index (κ1) is 30.0. The third-order valence-electron chi connectivity index (χ3n) is 5.48. The van der Waals surface area contributed by atoms with Gasteiger partial charge in [0.05, 0.1) is 18.9 Å². The number of hydrogen-bond acceptors (Lipinski definition) is 9. The Balaban J connectivity index is 1.73. The number of para-hydroxylation sites is 1. The number of allylic oxidation sites excluding steroid dienone is 1. The Bertz CT molecular complexity index is 1300. The van der Waals surface area contributed by atoms with E-state index in [1.54, 1.807) is 31.2 Å². The highest BCUT2D eigenvalue weighted by Gasteiger charge is 2.53. The second kappa shape index (κ2) is 11.7. The van der Waals surface area contributed by atoms with Crippen molar-refractivity contribution < 1.29 is 33.8 Å². The molecule has 12 nitrogen and oxygen atoms in total. The molecule has 0 bridgehead atoms. The average molecular weight is 572 g/mol. The molecular weight excluding hydrogens is 537 g/mol. The van der Waals surface area contributed by atoms with Crippen LogP contribution in [0.4, 0.5) is 0 Å². The monoisotopic (exact) mass is 571 g/mol. The molecule has 1 fully saturated rings. The van der Waals surface area contributed by atoms with E-state index in [4.69, 9.17) is 30.5 Å². The topological polar surface area (TPSA) is 164 Å². The molecule has 0 radical (unpaired) electrons. The number of aliphatic hydroxyl groups excluding tert-OH is 1. The number of nitrogens with zero attached hydrogens (tertiary/aromatic N) is 1. The molecule has 0 saturated carbocycles. The molecule has 5 N–H and O–H groups in total. The van der Waals surface area contributed by atoms with E-state index in [-0.39, 0.29) is 17.1 Å². The van der Waals surface area contributed by atoms with Gasteiger partial charge in [-0.05, 0) is 43.2 Å². The van der Waals surface area contributed by atoms with Crippen molar-refractivity contribution in [3.63, 3.8) is 0 Å². The fourth-order valence-corrected chi connectivity index (χ4v) is 5.07. The molecule has 0 aliphatic carbocycles. The van der Waals surface area contributed by atoms with Gasteiger partial charge in [-0.1, -0.05) is 39.0 Å². The standard InChI is InChI=1S/C24H34N3O9PS/c1-15(20(33-14-23(2,3)4)35-16-9-7-6-8-10-16)26-37(32,38)34-13-17-19(29)24(5,31)21(36-17)27-12-11-18(28)25-22(27)30/h6-12,17,19,21,29,31H,13-14H2,1-5H3,(H,25,28,30)(H2,26,32,38)/t17-,19-,21-,24-,37+/m1/s1. The molecule has 1 aromatic carbocycles. The number of aromatic nitrogens is 2. The maximum absolute atomic E-state index is 12.2. The van der Waals surface area contributed by atoms with E-state index in [0.717, 1.165) is 16.8 Å². The second-order valence-electron chi connectivity index (χ2n) is 10.3. The summed E-state index contributed by atoms with van der Waals surface area (Å²) in [5, 5.41) is 24.2. The van der Waals surface area contributed by atoms with Gasteiger partial charge < -0.3 is 38.9 Å². The molecule has 1 saturated heterocycles. The maximum Gasteiger partial charge on any atom is 0.330 e. The third kappa shape index (κ3) is 7.76. The second-order valence-corrected chi connectivity index (χ2v) is 13.3. The van der Waals surface area contributed by atoms with Crippen molar-refractivity contribution >= 4 is 18.4 Å². The number of aromatic amines is 1. The molecule has 2 aromatic rings. The van der Waals surface area contributed by atoms with Crippen molar-refractivity contribution in [2.24, 2.45) is 5.41 Å². The first-order valence-electron chi connectivity index (χ1n) is 11.8. The summed E-state index contributed by atoms with van der Waals surface area (Å²) in [5.41, 5.74) is -3.27. The minimum absolute atomic E-state index is 0.0931. The number of H-pyrrole nitrogens is 1. The number of nitrogens with one attached hydrogen (secondary N) is 2. The molecule has 3 rings (SSSR count). The quantitative estimate of drug-likeness (QED) is 0.208. The SMILES string of the molecule is CC(N[P@@](O)(=S)OC[C@H]1O[C@@H](n2ccc(=O)[nH]c2=O)[C@](C)(O)[C@@H]1O)=C(OCC(C)(C)C)Oc1ccccc1. The van der Waals surface area contributed by atoms with Crippen molar-refractivity contribution in [2.75, 3.05) is 13.2 Å². The predicted molar refractivity (Wildman–Crippen MR) is 143 cm³/mol. The Labute approximate surface area is 225 Å². The Morgan fingerprint density at radius 3 is 2.53 bits per heavy atom. The third-order valence-corrected chi connectivity index (χ3v) is 7.18. The molecule has 1 aliphatic rings. The van der Waals surface area contributed by atoms with E-state index in [1.165, 1.54) is 6.92 Å². The molecular formula is C24H34N3O9PS.